The van der Waals surface area contributed by atoms with Crippen LogP contribution in [0.3, 0.4) is 0 Å². The Morgan fingerprint density at radius 1 is 0.744 bits per heavy atom. The van der Waals surface area contributed by atoms with Crippen molar-refractivity contribution in [2.24, 2.45) is 11.5 Å². The molecule has 11 nitrogen and oxygen atoms in total. The molecule has 212 valence electrons. The van der Waals surface area contributed by atoms with Crippen molar-refractivity contribution >= 4 is 23.7 Å². The van der Waals surface area contributed by atoms with Crippen LogP contribution in [0.4, 0.5) is 0 Å². The molecule has 0 heterocycles. The monoisotopic (exact) mass is 541 g/mol. The van der Waals surface area contributed by atoms with Crippen LogP contribution in [-0.4, -0.2) is 70.7 Å². The second kappa shape index (κ2) is 16.2. The van der Waals surface area contributed by atoms with E-state index in [0.717, 1.165) is 11.1 Å². The van der Waals surface area contributed by atoms with Crippen LogP contribution in [0.2, 0.25) is 0 Å². The van der Waals surface area contributed by atoms with E-state index in [-0.39, 0.29) is 19.3 Å². The van der Waals surface area contributed by atoms with E-state index in [9.17, 15) is 29.4 Å². The Kier molecular flexibility index (Phi) is 13.1. The van der Waals surface area contributed by atoms with Gasteiger partial charge in [-0.15, -0.1) is 0 Å². The number of rotatable bonds is 16. The highest BCUT2D eigenvalue weighted by molar-refractivity contribution is 5.94. The molecule has 39 heavy (non-hydrogen) atoms. The number of carboxylic acids is 1. The van der Waals surface area contributed by atoms with Gasteiger partial charge in [-0.25, -0.2) is 4.79 Å². The molecule has 0 radical (unpaired) electrons. The van der Waals surface area contributed by atoms with Gasteiger partial charge in [-0.2, -0.15) is 0 Å². The minimum Gasteiger partial charge on any atom is -0.480 e. The average molecular weight is 542 g/mol. The number of amides is 3. The summed E-state index contributed by atoms with van der Waals surface area (Å²) >= 11 is 0. The van der Waals surface area contributed by atoms with Crippen molar-refractivity contribution in [3.8, 4) is 0 Å². The van der Waals surface area contributed by atoms with Crippen molar-refractivity contribution in [3.05, 3.63) is 71.8 Å². The molecule has 5 atom stereocenters. The highest BCUT2D eigenvalue weighted by Gasteiger charge is 2.31. The molecule has 0 saturated heterocycles. The lowest BCUT2D eigenvalue weighted by Gasteiger charge is -2.26. The van der Waals surface area contributed by atoms with Crippen molar-refractivity contribution < 1.29 is 29.4 Å². The van der Waals surface area contributed by atoms with Crippen LogP contribution in [0, 0.1) is 0 Å². The van der Waals surface area contributed by atoms with Crippen LogP contribution in [0.15, 0.2) is 60.7 Å². The van der Waals surface area contributed by atoms with Gasteiger partial charge in [0.15, 0.2) is 0 Å². The standard InChI is InChI=1S/C28H39N5O6/c1-18(34)24(30)27(37)33-23(17-20-12-6-3-7-13-20)26(36)32-22(16-19-10-4-2-5-11-19)25(35)31-21(28(38)39)14-8-9-15-29/h2-7,10-13,18,21-24,34H,8-9,14-17,29-30H2,1H3,(H,31,35)(H,32,36)(H,33,37)(H,38,39). The summed E-state index contributed by atoms with van der Waals surface area (Å²) in [6, 6.07) is 13.3. The highest BCUT2D eigenvalue weighted by atomic mass is 16.4. The van der Waals surface area contributed by atoms with Gasteiger partial charge in [-0.1, -0.05) is 60.7 Å². The molecular weight excluding hydrogens is 502 g/mol. The fourth-order valence-electron chi connectivity index (χ4n) is 3.90. The van der Waals surface area contributed by atoms with Crippen molar-refractivity contribution in [3.63, 3.8) is 0 Å². The van der Waals surface area contributed by atoms with Crippen LogP contribution in [0.25, 0.3) is 0 Å². The molecule has 3 amide bonds. The third-order valence-electron chi connectivity index (χ3n) is 6.22. The van der Waals surface area contributed by atoms with E-state index >= 15 is 0 Å². The quantitative estimate of drug-likeness (QED) is 0.142. The molecule has 2 aromatic carbocycles. The first-order chi connectivity index (χ1) is 18.6. The number of aliphatic carboxylic acids is 1. The van der Waals surface area contributed by atoms with Gasteiger partial charge >= 0.3 is 5.97 Å². The molecule has 0 bridgehead atoms. The molecule has 11 heteroatoms. The largest absolute Gasteiger partial charge is 0.480 e. The van der Waals surface area contributed by atoms with E-state index in [1.54, 1.807) is 48.5 Å². The Morgan fingerprint density at radius 3 is 1.59 bits per heavy atom. The number of carbonyl (C=O) groups is 4. The zero-order chi connectivity index (χ0) is 28.8. The first-order valence-electron chi connectivity index (χ1n) is 13.0. The molecule has 0 aliphatic rings. The smallest absolute Gasteiger partial charge is 0.326 e. The maximum absolute atomic E-state index is 13.5. The molecule has 5 unspecified atom stereocenters. The first-order valence-corrected chi connectivity index (χ1v) is 13.0. The maximum Gasteiger partial charge on any atom is 0.326 e. The van der Waals surface area contributed by atoms with E-state index in [1.807, 2.05) is 12.1 Å². The van der Waals surface area contributed by atoms with Crippen molar-refractivity contribution in [2.75, 3.05) is 6.54 Å². The summed E-state index contributed by atoms with van der Waals surface area (Å²) in [4.78, 5) is 51.1. The topological polar surface area (TPSA) is 197 Å². The molecule has 0 fully saturated rings. The molecule has 0 aromatic heterocycles. The zero-order valence-electron chi connectivity index (χ0n) is 22.1. The predicted octanol–water partition coefficient (Wildman–Crippen LogP) is -0.152. The fraction of sp³-hybridized carbons (Fsp3) is 0.429. The Hall–Kier alpha value is -3.80. The lowest BCUT2D eigenvalue weighted by Crippen LogP contribution is -2.59. The van der Waals surface area contributed by atoms with Gasteiger partial charge in [0.1, 0.15) is 24.2 Å². The van der Waals surface area contributed by atoms with E-state index in [4.69, 9.17) is 11.5 Å². The summed E-state index contributed by atoms with van der Waals surface area (Å²) < 4.78 is 0. The lowest BCUT2D eigenvalue weighted by atomic mass is 10.0. The number of nitrogens with one attached hydrogen (secondary N) is 3. The second-order valence-corrected chi connectivity index (χ2v) is 9.45. The highest BCUT2D eigenvalue weighted by Crippen LogP contribution is 2.09. The van der Waals surface area contributed by atoms with Gasteiger partial charge < -0.3 is 37.6 Å². The molecule has 0 spiro atoms. The zero-order valence-corrected chi connectivity index (χ0v) is 22.1. The number of hydrogen-bond donors (Lipinski definition) is 7. The van der Waals surface area contributed by atoms with E-state index < -0.39 is 54.0 Å². The summed E-state index contributed by atoms with van der Waals surface area (Å²) in [7, 11) is 0. The third-order valence-corrected chi connectivity index (χ3v) is 6.22. The predicted molar refractivity (Wildman–Crippen MR) is 146 cm³/mol. The number of unbranched alkanes of at least 4 members (excludes halogenated alkanes) is 1. The van der Waals surface area contributed by atoms with Gasteiger partial charge in [0.05, 0.1) is 6.10 Å². The average Bonchev–Trinajstić information content (AvgIpc) is 2.92. The molecule has 0 aliphatic heterocycles. The number of benzene rings is 2. The number of aliphatic hydroxyl groups is 1. The summed E-state index contributed by atoms with van der Waals surface area (Å²) in [6.45, 7) is 1.77. The summed E-state index contributed by atoms with van der Waals surface area (Å²) in [5.74, 6) is -3.24. The molecule has 2 rings (SSSR count). The van der Waals surface area contributed by atoms with Crippen molar-refractivity contribution in [1.29, 1.82) is 0 Å². The number of aliphatic hydroxyl groups excluding tert-OH is 1. The maximum atomic E-state index is 13.5. The van der Waals surface area contributed by atoms with Crippen LogP contribution >= 0.6 is 0 Å². The van der Waals surface area contributed by atoms with E-state index in [1.165, 1.54) is 6.92 Å². The van der Waals surface area contributed by atoms with Gasteiger partial charge in [0.2, 0.25) is 17.7 Å². The summed E-state index contributed by atoms with van der Waals surface area (Å²) in [5.41, 5.74) is 12.8. The first kappa shape index (κ1) is 31.4. The van der Waals surface area contributed by atoms with Crippen LogP contribution in [-0.2, 0) is 32.0 Å². The Labute approximate surface area is 228 Å². The van der Waals surface area contributed by atoms with Gasteiger partial charge in [0, 0.05) is 12.8 Å². The Bertz CT molecular complexity index is 1070. The minimum absolute atomic E-state index is 0.0900. The van der Waals surface area contributed by atoms with Crippen molar-refractivity contribution in [1.82, 2.24) is 16.0 Å². The number of hydrogen-bond acceptors (Lipinski definition) is 7. The van der Waals surface area contributed by atoms with Gasteiger partial charge in [-0.3, -0.25) is 14.4 Å². The second-order valence-electron chi connectivity index (χ2n) is 9.45. The van der Waals surface area contributed by atoms with Crippen molar-refractivity contribution in [2.45, 2.75) is 69.3 Å². The molecular formula is C28H39N5O6. The lowest BCUT2D eigenvalue weighted by molar-refractivity contribution is -0.142. The van der Waals surface area contributed by atoms with Crippen LogP contribution in [0.5, 0.6) is 0 Å². The van der Waals surface area contributed by atoms with Gasteiger partial charge in [0.25, 0.3) is 0 Å². The van der Waals surface area contributed by atoms with Crippen LogP contribution in [0.1, 0.15) is 37.3 Å². The Morgan fingerprint density at radius 2 is 1.18 bits per heavy atom. The summed E-state index contributed by atoms with van der Waals surface area (Å²) in [5, 5.41) is 27.1. The SMILES string of the molecule is CC(O)C(N)C(=O)NC(Cc1ccccc1)C(=O)NC(Cc1ccccc1)C(=O)NC(CCCCN)C(=O)O. The Balaban J connectivity index is 2.28. The summed E-state index contributed by atoms with van der Waals surface area (Å²) in [6.07, 6.45) is 0.356. The molecule has 0 aliphatic carbocycles. The minimum atomic E-state index is -1.26. The van der Waals surface area contributed by atoms with E-state index in [0.29, 0.717) is 19.4 Å². The number of nitrogens with two attached hydrogens (primary N) is 2. The molecule has 0 saturated carbocycles. The third kappa shape index (κ3) is 10.8. The van der Waals surface area contributed by atoms with E-state index in [2.05, 4.69) is 16.0 Å². The molecule has 9 N–H and O–H groups in total. The number of carboxylic acid groups (broad SMARTS) is 1. The van der Waals surface area contributed by atoms with Gasteiger partial charge in [-0.05, 0) is 43.9 Å². The normalized spacial score (nSPS) is 14.8. The van der Waals surface area contributed by atoms with Crippen LogP contribution < -0.4 is 27.4 Å². The molecule has 2 aromatic rings. The number of carbonyl (C=O) groups excluding carboxylic acids is 3. The fourth-order valence-corrected chi connectivity index (χ4v) is 3.90.